The first-order valence-electron chi connectivity index (χ1n) is 9.29. The number of H-pyrrole nitrogens is 1. The lowest BCUT2D eigenvalue weighted by molar-refractivity contribution is -0.0171. The van der Waals surface area contributed by atoms with Crippen molar-refractivity contribution in [1.29, 1.82) is 0 Å². The second kappa shape index (κ2) is 8.68. The van der Waals surface area contributed by atoms with Gasteiger partial charge in [-0.05, 0) is 51.2 Å². The van der Waals surface area contributed by atoms with Gasteiger partial charge in [0.15, 0.2) is 4.77 Å². The second-order valence-electron chi connectivity index (χ2n) is 7.59. The Morgan fingerprint density at radius 2 is 1.93 bits per heavy atom. The van der Waals surface area contributed by atoms with Gasteiger partial charge >= 0.3 is 6.09 Å². The number of hydrogen-bond donors (Lipinski definition) is 2. The Morgan fingerprint density at radius 3 is 2.53 bits per heavy atom. The molecule has 1 aromatic carbocycles. The van der Waals surface area contributed by atoms with Crippen molar-refractivity contribution in [3.05, 3.63) is 59.1 Å². The number of ether oxygens (including phenoxy) is 2. The van der Waals surface area contributed by atoms with Gasteiger partial charge in [-0.1, -0.05) is 18.2 Å². The second-order valence-corrected chi connectivity index (χ2v) is 7.97. The van der Waals surface area contributed by atoms with Crippen molar-refractivity contribution in [1.82, 2.24) is 14.5 Å². The summed E-state index contributed by atoms with van der Waals surface area (Å²) in [5.41, 5.74) is 1.33. The molecule has 1 amide bonds. The fourth-order valence-electron chi connectivity index (χ4n) is 2.58. The largest absolute Gasteiger partial charge is 0.493 e. The smallest absolute Gasteiger partial charge is 0.420 e. The van der Waals surface area contributed by atoms with Crippen LogP contribution in [-0.4, -0.2) is 38.4 Å². The van der Waals surface area contributed by atoms with Gasteiger partial charge in [0.05, 0.1) is 24.1 Å². The number of benzene rings is 1. The Bertz CT molecular complexity index is 1070. The van der Waals surface area contributed by atoms with Gasteiger partial charge in [-0.25, -0.2) is 9.78 Å². The van der Waals surface area contributed by atoms with Crippen molar-refractivity contribution in [2.24, 2.45) is 0 Å². The summed E-state index contributed by atoms with van der Waals surface area (Å²) in [6, 6.07) is 12.3. The van der Waals surface area contributed by atoms with Gasteiger partial charge in [-0.15, -0.1) is 0 Å². The van der Waals surface area contributed by atoms with Gasteiger partial charge in [0.25, 0.3) is 0 Å². The van der Waals surface area contributed by atoms with Crippen LogP contribution in [0.1, 0.15) is 26.5 Å². The van der Waals surface area contributed by atoms with E-state index in [0.717, 1.165) is 0 Å². The highest BCUT2D eigenvalue weighted by molar-refractivity contribution is 7.71. The number of aromatic nitrogens is 3. The van der Waals surface area contributed by atoms with Crippen LogP contribution in [0.15, 0.2) is 48.7 Å². The Balaban J connectivity index is 1.74. The summed E-state index contributed by atoms with van der Waals surface area (Å²) >= 11 is 5.31. The topological polar surface area (TPSA) is 92.6 Å². The Morgan fingerprint density at radius 1 is 1.23 bits per heavy atom. The summed E-state index contributed by atoms with van der Waals surface area (Å²) in [5.74, 6) is 0.0731. The fourth-order valence-corrected chi connectivity index (χ4v) is 2.90. The average molecular weight is 429 g/mol. The van der Waals surface area contributed by atoms with E-state index in [1.807, 2.05) is 39.0 Å². The molecule has 158 valence electrons. The molecule has 2 aromatic heterocycles. The maximum atomic E-state index is 12.3. The standard InChI is InChI=1S/C21H24N4O4S/c1-21(2,3)28-13-16-18(26)25(19(30)23-16)15-10-11-17(22-12-15)29-20(27)24(4)14-8-6-5-7-9-14/h5-12,26H,13H2,1-4H3,(H,23,30). The molecule has 2 heterocycles. The molecule has 0 atom stereocenters. The van der Waals surface area contributed by atoms with E-state index in [1.54, 1.807) is 25.2 Å². The van der Waals surface area contributed by atoms with E-state index in [1.165, 1.54) is 21.7 Å². The molecule has 0 saturated heterocycles. The van der Waals surface area contributed by atoms with Crippen LogP contribution in [0.25, 0.3) is 5.69 Å². The SMILES string of the molecule is CN(C(=O)Oc1ccc(-n2c(O)c(COC(C)(C)C)[nH]c2=S)cn1)c1ccccc1. The minimum absolute atomic E-state index is 0.0559. The zero-order chi connectivity index (χ0) is 21.9. The highest BCUT2D eigenvalue weighted by atomic mass is 32.1. The van der Waals surface area contributed by atoms with Crippen molar-refractivity contribution < 1.29 is 19.4 Å². The third kappa shape index (κ3) is 5.05. The normalized spacial score (nSPS) is 11.3. The molecule has 0 unspecified atom stereocenters. The molecular formula is C21H24N4O4S. The zero-order valence-corrected chi connectivity index (χ0v) is 18.1. The maximum Gasteiger partial charge on any atom is 0.420 e. The minimum Gasteiger partial charge on any atom is -0.493 e. The maximum absolute atomic E-state index is 12.3. The number of rotatable bonds is 5. The Hall–Kier alpha value is -3.17. The van der Waals surface area contributed by atoms with Gasteiger partial charge in [0.2, 0.25) is 11.8 Å². The van der Waals surface area contributed by atoms with Crippen molar-refractivity contribution in [2.75, 3.05) is 11.9 Å². The van der Waals surface area contributed by atoms with Crippen LogP contribution in [0.4, 0.5) is 10.5 Å². The number of carbonyl (C=O) groups is 1. The molecule has 0 saturated carbocycles. The predicted molar refractivity (Wildman–Crippen MR) is 116 cm³/mol. The lowest BCUT2D eigenvalue weighted by Gasteiger charge is -2.18. The number of hydrogen-bond acceptors (Lipinski definition) is 6. The third-order valence-electron chi connectivity index (χ3n) is 4.18. The van der Waals surface area contributed by atoms with Crippen LogP contribution in [0.3, 0.4) is 0 Å². The van der Waals surface area contributed by atoms with E-state index in [4.69, 9.17) is 21.7 Å². The number of nitrogens with one attached hydrogen (secondary N) is 1. The summed E-state index contributed by atoms with van der Waals surface area (Å²) in [5, 5.41) is 10.5. The number of para-hydroxylation sites is 1. The van der Waals surface area contributed by atoms with E-state index >= 15 is 0 Å². The minimum atomic E-state index is -0.566. The van der Waals surface area contributed by atoms with E-state index in [2.05, 4.69) is 9.97 Å². The number of amides is 1. The summed E-state index contributed by atoms with van der Waals surface area (Å²) in [4.78, 5) is 20.8. The number of pyridine rings is 1. The van der Waals surface area contributed by atoms with E-state index < -0.39 is 6.09 Å². The van der Waals surface area contributed by atoms with E-state index in [-0.39, 0.29) is 24.0 Å². The van der Waals surface area contributed by atoms with Gasteiger partial charge in [-0.2, -0.15) is 0 Å². The van der Waals surface area contributed by atoms with E-state index in [0.29, 0.717) is 21.8 Å². The lowest BCUT2D eigenvalue weighted by atomic mass is 10.2. The third-order valence-corrected chi connectivity index (χ3v) is 4.46. The van der Waals surface area contributed by atoms with Crippen molar-refractivity contribution in [2.45, 2.75) is 33.0 Å². The first-order valence-corrected chi connectivity index (χ1v) is 9.70. The van der Waals surface area contributed by atoms with Crippen LogP contribution in [0.5, 0.6) is 11.8 Å². The first-order chi connectivity index (χ1) is 14.2. The number of carbonyl (C=O) groups excluding carboxylic acids is 1. The molecular weight excluding hydrogens is 404 g/mol. The van der Waals surface area contributed by atoms with Crippen LogP contribution in [0, 0.1) is 4.77 Å². The quantitative estimate of drug-likeness (QED) is 0.578. The molecule has 8 nitrogen and oxygen atoms in total. The monoisotopic (exact) mass is 428 g/mol. The molecule has 0 aliphatic rings. The number of aromatic amines is 1. The summed E-state index contributed by atoms with van der Waals surface area (Å²) in [6.07, 6.45) is 0.896. The van der Waals surface area contributed by atoms with Crippen LogP contribution >= 0.6 is 12.2 Å². The molecule has 0 spiro atoms. The Kier molecular flexibility index (Phi) is 6.23. The number of anilines is 1. The molecule has 2 N–H and O–H groups in total. The van der Waals surface area contributed by atoms with Crippen LogP contribution in [-0.2, 0) is 11.3 Å². The van der Waals surface area contributed by atoms with Gasteiger partial charge in [0.1, 0.15) is 5.69 Å². The average Bonchev–Trinajstić information content (AvgIpc) is 3.00. The molecule has 0 aliphatic heterocycles. The van der Waals surface area contributed by atoms with E-state index in [9.17, 15) is 9.90 Å². The highest BCUT2D eigenvalue weighted by Gasteiger charge is 2.18. The molecule has 3 rings (SSSR count). The van der Waals surface area contributed by atoms with Gasteiger partial charge in [0, 0.05) is 18.8 Å². The van der Waals surface area contributed by atoms with Crippen molar-refractivity contribution in [3.8, 4) is 17.4 Å². The van der Waals surface area contributed by atoms with Gasteiger partial charge < -0.3 is 19.6 Å². The fraction of sp³-hybridized carbons (Fsp3) is 0.286. The molecule has 3 aromatic rings. The summed E-state index contributed by atoms with van der Waals surface area (Å²) < 4.78 is 12.7. The lowest BCUT2D eigenvalue weighted by Crippen LogP contribution is -2.29. The predicted octanol–water partition coefficient (Wildman–Crippen LogP) is 4.59. The van der Waals surface area contributed by atoms with Gasteiger partial charge in [-0.3, -0.25) is 9.47 Å². The molecule has 0 fully saturated rings. The Labute approximate surface area is 179 Å². The summed E-state index contributed by atoms with van der Waals surface area (Å²) in [7, 11) is 1.62. The molecule has 0 aliphatic carbocycles. The number of aromatic hydroxyl groups is 1. The zero-order valence-electron chi connectivity index (χ0n) is 17.2. The molecule has 0 bridgehead atoms. The van der Waals surface area contributed by atoms with Crippen LogP contribution < -0.4 is 9.64 Å². The number of nitrogens with zero attached hydrogens (tertiary/aromatic N) is 3. The first kappa shape index (κ1) is 21.5. The molecule has 30 heavy (non-hydrogen) atoms. The molecule has 0 radical (unpaired) electrons. The number of imidazole rings is 1. The van der Waals surface area contributed by atoms with Crippen molar-refractivity contribution in [3.63, 3.8) is 0 Å². The van der Waals surface area contributed by atoms with Crippen LogP contribution in [0.2, 0.25) is 0 Å². The highest BCUT2D eigenvalue weighted by Crippen LogP contribution is 2.25. The van der Waals surface area contributed by atoms with Crippen molar-refractivity contribution >= 4 is 24.0 Å². The molecule has 9 heteroatoms. The summed E-state index contributed by atoms with van der Waals surface area (Å²) in [6.45, 7) is 5.96.